The van der Waals surface area contributed by atoms with E-state index >= 15 is 0 Å². The fourth-order valence-electron chi connectivity index (χ4n) is 3.22. The Kier molecular flexibility index (Phi) is 8.40. The van der Waals surface area contributed by atoms with Gasteiger partial charge in [-0.05, 0) is 25.2 Å². The lowest BCUT2D eigenvalue weighted by molar-refractivity contribution is -0.119. The number of alkyl halides is 3. The molecule has 1 heterocycles. The summed E-state index contributed by atoms with van der Waals surface area (Å²) in [6.45, 7) is -1.25. The van der Waals surface area contributed by atoms with E-state index in [0.717, 1.165) is 4.90 Å². The molecule has 14 heteroatoms. The number of ether oxygens (including phenoxy) is 2. The maximum Gasteiger partial charge on any atom is 0.405 e. The topological polar surface area (TPSA) is 106 Å². The number of methoxy groups -OCH3 is 2. The fourth-order valence-corrected chi connectivity index (χ4v) is 3.97. The normalized spacial score (nSPS) is 11.6. The monoisotopic (exact) mass is 521 g/mol. The van der Waals surface area contributed by atoms with Crippen molar-refractivity contribution in [1.29, 1.82) is 0 Å². The van der Waals surface area contributed by atoms with Crippen LogP contribution in [-0.4, -0.2) is 59.4 Å². The quantitative estimate of drug-likeness (QED) is 0.462. The Morgan fingerprint density at radius 3 is 2.38 bits per heavy atom. The van der Waals surface area contributed by atoms with Crippen LogP contribution in [0.25, 0.3) is 10.9 Å². The second kappa shape index (κ2) is 10.5. The SMILES string of the molecule is CNS(=O)(=O)c1ccc(N(C)CC(F)(F)F)c(Nc2ncnc3cc(OC)cc(OC)c23)c1.Cl. The molecule has 0 saturated carbocycles. The van der Waals surface area contributed by atoms with Gasteiger partial charge in [0.1, 0.15) is 30.2 Å². The molecule has 2 N–H and O–H groups in total. The molecule has 1 aromatic heterocycles. The second-order valence-corrected chi connectivity index (χ2v) is 8.82. The van der Waals surface area contributed by atoms with Gasteiger partial charge in [0.25, 0.3) is 0 Å². The highest BCUT2D eigenvalue weighted by Gasteiger charge is 2.30. The molecule has 2 aromatic carbocycles. The maximum atomic E-state index is 13.0. The zero-order valence-electron chi connectivity index (χ0n) is 18.6. The zero-order chi connectivity index (χ0) is 24.4. The van der Waals surface area contributed by atoms with E-state index in [0.29, 0.717) is 22.4 Å². The average molecular weight is 522 g/mol. The summed E-state index contributed by atoms with van der Waals surface area (Å²) in [7, 11) is 1.55. The van der Waals surface area contributed by atoms with Crippen LogP contribution in [0.1, 0.15) is 0 Å². The summed E-state index contributed by atoms with van der Waals surface area (Å²) in [6, 6.07) is 7.00. The van der Waals surface area contributed by atoms with Crippen molar-refractivity contribution >= 4 is 50.5 Å². The number of hydrogen-bond donors (Lipinski definition) is 2. The highest BCUT2D eigenvalue weighted by Crippen LogP contribution is 2.38. The number of fused-ring (bicyclic) bond motifs is 1. The lowest BCUT2D eigenvalue weighted by atomic mass is 10.2. The number of benzene rings is 2. The van der Waals surface area contributed by atoms with Gasteiger partial charge in [-0.1, -0.05) is 0 Å². The van der Waals surface area contributed by atoms with Crippen LogP contribution in [0.5, 0.6) is 11.5 Å². The summed E-state index contributed by atoms with van der Waals surface area (Å²) in [6.07, 6.45) is -3.21. The largest absolute Gasteiger partial charge is 0.497 e. The van der Waals surface area contributed by atoms with Crippen molar-refractivity contribution < 1.29 is 31.1 Å². The van der Waals surface area contributed by atoms with Crippen LogP contribution in [0, 0.1) is 0 Å². The molecule has 9 nitrogen and oxygen atoms in total. The van der Waals surface area contributed by atoms with Gasteiger partial charge in [0.05, 0.1) is 41.4 Å². The molecule has 34 heavy (non-hydrogen) atoms. The Morgan fingerprint density at radius 1 is 1.09 bits per heavy atom. The third-order valence-corrected chi connectivity index (χ3v) is 6.17. The van der Waals surface area contributed by atoms with E-state index in [-0.39, 0.29) is 34.5 Å². The van der Waals surface area contributed by atoms with Gasteiger partial charge in [-0.3, -0.25) is 0 Å². The summed E-state index contributed by atoms with van der Waals surface area (Å²) in [5, 5.41) is 3.39. The number of nitrogens with one attached hydrogen (secondary N) is 2. The molecule has 0 saturated heterocycles. The molecule has 0 aliphatic carbocycles. The molecule has 0 radical (unpaired) electrons. The number of aromatic nitrogens is 2. The first-order valence-corrected chi connectivity index (χ1v) is 11.0. The zero-order valence-corrected chi connectivity index (χ0v) is 20.2. The number of halogens is 4. The fraction of sp³-hybridized carbons (Fsp3) is 0.300. The van der Waals surface area contributed by atoms with E-state index in [1.54, 1.807) is 12.1 Å². The summed E-state index contributed by atoms with van der Waals surface area (Å²) in [5.74, 6) is 1.05. The van der Waals surface area contributed by atoms with E-state index in [4.69, 9.17) is 9.47 Å². The van der Waals surface area contributed by atoms with Gasteiger partial charge in [-0.2, -0.15) is 13.2 Å². The van der Waals surface area contributed by atoms with Gasteiger partial charge in [0.2, 0.25) is 10.0 Å². The van der Waals surface area contributed by atoms with Gasteiger partial charge in [-0.25, -0.2) is 23.1 Å². The van der Waals surface area contributed by atoms with Crippen LogP contribution in [0.15, 0.2) is 41.6 Å². The number of nitrogens with zero attached hydrogens (tertiary/aromatic N) is 3. The highest BCUT2D eigenvalue weighted by molar-refractivity contribution is 7.89. The third kappa shape index (κ3) is 5.90. The van der Waals surface area contributed by atoms with Crippen molar-refractivity contribution in [3.8, 4) is 11.5 Å². The molecule has 0 atom stereocenters. The highest BCUT2D eigenvalue weighted by atomic mass is 35.5. The van der Waals surface area contributed by atoms with Gasteiger partial charge in [0.15, 0.2) is 0 Å². The second-order valence-electron chi connectivity index (χ2n) is 6.93. The molecular formula is C20H23ClF3N5O4S. The first kappa shape index (κ1) is 27.2. The number of rotatable bonds is 8. The van der Waals surface area contributed by atoms with Crippen LogP contribution >= 0.6 is 12.4 Å². The van der Waals surface area contributed by atoms with Crippen molar-refractivity contribution in [1.82, 2.24) is 14.7 Å². The Labute approximate surface area is 200 Å². The van der Waals surface area contributed by atoms with Crippen molar-refractivity contribution in [2.24, 2.45) is 0 Å². The first-order valence-electron chi connectivity index (χ1n) is 9.48. The minimum Gasteiger partial charge on any atom is -0.497 e. The van der Waals surface area contributed by atoms with Crippen LogP contribution in [0.3, 0.4) is 0 Å². The van der Waals surface area contributed by atoms with Gasteiger partial charge in [0, 0.05) is 19.2 Å². The summed E-state index contributed by atoms with van der Waals surface area (Å²) in [4.78, 5) is 9.23. The van der Waals surface area contributed by atoms with E-state index in [1.807, 2.05) is 0 Å². The van der Waals surface area contributed by atoms with E-state index < -0.39 is 22.7 Å². The van der Waals surface area contributed by atoms with Gasteiger partial charge in [-0.15, -0.1) is 12.4 Å². The van der Waals surface area contributed by atoms with Crippen molar-refractivity contribution in [3.63, 3.8) is 0 Å². The van der Waals surface area contributed by atoms with Crippen LogP contribution in [0.4, 0.5) is 30.4 Å². The standard InChI is InChI=1S/C20H22F3N5O4S.ClH/c1-24-33(29,30)13-5-6-16(28(2)10-20(21,22)23)14(9-13)27-19-18-15(25-11-26-19)7-12(31-3)8-17(18)32-4;/h5-9,11,24H,10H2,1-4H3,(H,25,26,27);1H. The van der Waals surface area contributed by atoms with E-state index in [1.165, 1.54) is 52.8 Å². The summed E-state index contributed by atoms with van der Waals surface area (Å²) >= 11 is 0. The molecule has 0 aliphatic rings. The molecule has 0 amide bonds. The molecule has 0 spiro atoms. The molecule has 186 valence electrons. The first-order chi connectivity index (χ1) is 15.5. The Morgan fingerprint density at radius 2 is 1.79 bits per heavy atom. The number of sulfonamides is 1. The lowest BCUT2D eigenvalue weighted by Crippen LogP contribution is -2.31. The van der Waals surface area contributed by atoms with E-state index in [2.05, 4.69) is 20.0 Å². The van der Waals surface area contributed by atoms with Crippen molar-refractivity contribution in [2.45, 2.75) is 11.1 Å². The van der Waals surface area contributed by atoms with Crippen LogP contribution < -0.4 is 24.4 Å². The Hall–Kier alpha value is -3.03. The van der Waals surface area contributed by atoms with Gasteiger partial charge >= 0.3 is 6.18 Å². The third-order valence-electron chi connectivity index (χ3n) is 4.76. The van der Waals surface area contributed by atoms with Crippen molar-refractivity contribution in [3.05, 3.63) is 36.7 Å². The van der Waals surface area contributed by atoms with E-state index in [9.17, 15) is 21.6 Å². The summed E-state index contributed by atoms with van der Waals surface area (Å²) in [5.41, 5.74) is 0.658. The predicted molar refractivity (Wildman–Crippen MR) is 125 cm³/mol. The molecule has 0 bridgehead atoms. The van der Waals surface area contributed by atoms with Crippen LogP contribution in [-0.2, 0) is 10.0 Å². The Balaban J connectivity index is 0.00000408. The number of hydrogen-bond acceptors (Lipinski definition) is 8. The Bertz CT molecular complexity index is 1280. The number of anilines is 3. The van der Waals surface area contributed by atoms with Gasteiger partial charge < -0.3 is 19.7 Å². The maximum absolute atomic E-state index is 13.0. The lowest BCUT2D eigenvalue weighted by Gasteiger charge is -2.25. The molecule has 3 aromatic rings. The molecule has 0 aliphatic heterocycles. The van der Waals surface area contributed by atoms with Crippen molar-refractivity contribution in [2.75, 3.05) is 45.1 Å². The smallest absolute Gasteiger partial charge is 0.405 e. The van der Waals surface area contributed by atoms with Crippen LogP contribution in [0.2, 0.25) is 0 Å². The molecule has 0 fully saturated rings. The minimum atomic E-state index is -4.47. The summed E-state index contributed by atoms with van der Waals surface area (Å²) < 4.78 is 76.6. The molecular weight excluding hydrogens is 499 g/mol. The average Bonchev–Trinajstić information content (AvgIpc) is 2.77. The molecule has 3 rings (SSSR count). The predicted octanol–water partition coefficient (Wildman–Crippen LogP) is 3.72. The molecule has 0 unspecified atom stereocenters. The minimum absolute atomic E-state index is 0.